The first-order chi connectivity index (χ1) is 10.5. The Morgan fingerprint density at radius 2 is 2.32 bits per heavy atom. The molecule has 2 rings (SSSR count). The lowest BCUT2D eigenvalue weighted by atomic mass is 9.97. The number of primary amides is 1. The molecule has 2 heterocycles. The van der Waals surface area contributed by atoms with Crippen molar-refractivity contribution in [1.82, 2.24) is 15.4 Å². The van der Waals surface area contributed by atoms with Crippen LogP contribution in [-0.4, -0.2) is 48.0 Å². The number of likely N-dealkylation sites (tertiary alicyclic amines) is 1. The fourth-order valence-electron chi connectivity index (χ4n) is 2.58. The second-order valence-electron chi connectivity index (χ2n) is 6.07. The summed E-state index contributed by atoms with van der Waals surface area (Å²) in [5.74, 6) is 0.351. The van der Waals surface area contributed by atoms with Crippen LogP contribution in [0.25, 0.3) is 0 Å². The zero-order chi connectivity index (χ0) is 16.1. The molecule has 1 aromatic heterocycles. The number of aromatic nitrogens is 1. The number of nitrogens with one attached hydrogen (secondary N) is 1. The highest BCUT2D eigenvalue weighted by atomic mass is 16.5. The van der Waals surface area contributed by atoms with E-state index < -0.39 is 0 Å². The Hall–Kier alpha value is -1.89. The minimum absolute atomic E-state index is 0.0754. The van der Waals surface area contributed by atoms with Gasteiger partial charge in [-0.1, -0.05) is 19.0 Å². The van der Waals surface area contributed by atoms with Gasteiger partial charge in [0.2, 0.25) is 5.91 Å². The molecular weight excluding hydrogens is 284 g/mol. The molecule has 1 saturated heterocycles. The van der Waals surface area contributed by atoms with Gasteiger partial charge in [0.05, 0.1) is 5.92 Å². The Morgan fingerprint density at radius 1 is 1.55 bits per heavy atom. The zero-order valence-electron chi connectivity index (χ0n) is 13.2. The molecule has 0 saturated carbocycles. The van der Waals surface area contributed by atoms with Crippen LogP contribution < -0.4 is 11.1 Å². The number of carbonyl (C=O) groups is 2. The molecule has 7 nitrogen and oxygen atoms in total. The molecule has 0 radical (unpaired) electrons. The molecule has 0 bridgehead atoms. The highest BCUT2D eigenvalue weighted by Gasteiger charge is 2.23. The van der Waals surface area contributed by atoms with Gasteiger partial charge in [-0.2, -0.15) is 0 Å². The van der Waals surface area contributed by atoms with Crippen LogP contribution in [-0.2, 0) is 4.79 Å². The molecule has 1 aliphatic heterocycles. The van der Waals surface area contributed by atoms with E-state index in [2.05, 4.69) is 15.4 Å². The van der Waals surface area contributed by atoms with E-state index in [-0.39, 0.29) is 23.7 Å². The van der Waals surface area contributed by atoms with Gasteiger partial charge in [0, 0.05) is 31.6 Å². The molecule has 3 N–H and O–H groups in total. The van der Waals surface area contributed by atoms with Gasteiger partial charge in [-0.05, 0) is 19.4 Å². The summed E-state index contributed by atoms with van der Waals surface area (Å²) in [6.45, 7) is 6.77. The smallest absolute Gasteiger partial charge is 0.273 e. The molecular formula is C15H24N4O3. The van der Waals surface area contributed by atoms with Crippen molar-refractivity contribution in [3.63, 3.8) is 0 Å². The quantitative estimate of drug-likeness (QED) is 0.806. The van der Waals surface area contributed by atoms with E-state index in [4.69, 9.17) is 10.3 Å². The first kappa shape index (κ1) is 16.5. The summed E-state index contributed by atoms with van der Waals surface area (Å²) in [4.78, 5) is 25.4. The predicted octanol–water partition coefficient (Wildman–Crippen LogP) is 0.725. The highest BCUT2D eigenvalue weighted by Crippen LogP contribution is 2.16. The SMILES string of the molecule is CC(C)c1cc(C(=O)NCCN2CCCC(C(N)=O)C2)no1. The molecule has 22 heavy (non-hydrogen) atoms. The lowest BCUT2D eigenvalue weighted by molar-refractivity contribution is -0.123. The number of hydrogen-bond donors (Lipinski definition) is 2. The minimum atomic E-state index is -0.238. The summed E-state index contributed by atoms with van der Waals surface area (Å²) in [6.07, 6.45) is 1.82. The van der Waals surface area contributed by atoms with Crippen LogP contribution in [0.1, 0.15) is 48.9 Å². The molecule has 2 amide bonds. The molecule has 1 aromatic rings. The number of hydrogen-bond acceptors (Lipinski definition) is 5. The third-order valence-electron chi connectivity index (χ3n) is 3.95. The maximum Gasteiger partial charge on any atom is 0.273 e. The van der Waals surface area contributed by atoms with Crippen LogP contribution >= 0.6 is 0 Å². The number of nitrogens with two attached hydrogens (primary N) is 1. The van der Waals surface area contributed by atoms with Crippen LogP contribution in [0, 0.1) is 5.92 Å². The number of nitrogens with zero attached hydrogens (tertiary/aromatic N) is 2. The first-order valence-corrected chi connectivity index (χ1v) is 7.74. The molecule has 1 fully saturated rings. The van der Waals surface area contributed by atoms with E-state index in [1.165, 1.54) is 0 Å². The predicted molar refractivity (Wildman–Crippen MR) is 81.3 cm³/mol. The topological polar surface area (TPSA) is 101 Å². The maximum absolute atomic E-state index is 12.0. The average Bonchev–Trinajstić information content (AvgIpc) is 2.97. The number of rotatable bonds is 6. The fourth-order valence-corrected chi connectivity index (χ4v) is 2.58. The number of amides is 2. The van der Waals surface area contributed by atoms with E-state index in [0.29, 0.717) is 31.1 Å². The summed E-state index contributed by atoms with van der Waals surface area (Å²) in [7, 11) is 0. The van der Waals surface area contributed by atoms with Crippen molar-refractivity contribution in [1.29, 1.82) is 0 Å². The Bertz CT molecular complexity index is 527. The van der Waals surface area contributed by atoms with Gasteiger partial charge in [0.1, 0.15) is 5.76 Å². The summed E-state index contributed by atoms with van der Waals surface area (Å²) < 4.78 is 5.11. The maximum atomic E-state index is 12.0. The highest BCUT2D eigenvalue weighted by molar-refractivity contribution is 5.92. The minimum Gasteiger partial charge on any atom is -0.369 e. The van der Waals surface area contributed by atoms with E-state index in [9.17, 15) is 9.59 Å². The lowest BCUT2D eigenvalue weighted by Crippen LogP contribution is -2.44. The fraction of sp³-hybridized carbons (Fsp3) is 0.667. The van der Waals surface area contributed by atoms with Gasteiger partial charge < -0.3 is 20.5 Å². The van der Waals surface area contributed by atoms with Crippen molar-refractivity contribution in [3.8, 4) is 0 Å². The van der Waals surface area contributed by atoms with E-state index >= 15 is 0 Å². The van der Waals surface area contributed by atoms with Crippen molar-refractivity contribution >= 4 is 11.8 Å². The molecule has 7 heteroatoms. The second kappa shape index (κ2) is 7.40. The molecule has 0 spiro atoms. The molecule has 0 aliphatic carbocycles. The van der Waals surface area contributed by atoms with Gasteiger partial charge in [-0.3, -0.25) is 9.59 Å². The van der Waals surface area contributed by atoms with E-state index in [0.717, 1.165) is 19.4 Å². The van der Waals surface area contributed by atoms with Crippen LogP contribution in [0.2, 0.25) is 0 Å². The van der Waals surface area contributed by atoms with Gasteiger partial charge in [-0.25, -0.2) is 0 Å². The first-order valence-electron chi connectivity index (χ1n) is 7.74. The van der Waals surface area contributed by atoms with Crippen molar-refractivity contribution < 1.29 is 14.1 Å². The van der Waals surface area contributed by atoms with Gasteiger partial charge in [0.25, 0.3) is 5.91 Å². The second-order valence-corrected chi connectivity index (χ2v) is 6.07. The monoisotopic (exact) mass is 308 g/mol. The summed E-state index contributed by atoms with van der Waals surface area (Å²) in [5, 5.41) is 6.60. The largest absolute Gasteiger partial charge is 0.369 e. The van der Waals surface area contributed by atoms with Crippen molar-refractivity contribution in [2.75, 3.05) is 26.2 Å². The van der Waals surface area contributed by atoms with Crippen molar-refractivity contribution in [2.24, 2.45) is 11.7 Å². The molecule has 1 atom stereocenters. The standard InChI is InChI=1S/C15H24N4O3/c1-10(2)13-8-12(18-22-13)15(21)17-5-7-19-6-3-4-11(9-19)14(16)20/h8,10-11H,3-7,9H2,1-2H3,(H2,16,20)(H,17,21). The van der Waals surface area contributed by atoms with Crippen molar-refractivity contribution in [3.05, 3.63) is 17.5 Å². The van der Waals surface area contributed by atoms with E-state index in [1.54, 1.807) is 6.07 Å². The molecule has 1 aliphatic rings. The zero-order valence-corrected chi connectivity index (χ0v) is 13.2. The third-order valence-corrected chi connectivity index (χ3v) is 3.95. The average molecular weight is 308 g/mol. The third kappa shape index (κ3) is 4.30. The Labute approximate surface area is 130 Å². The van der Waals surface area contributed by atoms with Gasteiger partial charge in [0.15, 0.2) is 5.69 Å². The summed E-state index contributed by atoms with van der Waals surface area (Å²) in [5.41, 5.74) is 5.66. The Morgan fingerprint density at radius 3 is 2.95 bits per heavy atom. The van der Waals surface area contributed by atoms with Crippen molar-refractivity contribution in [2.45, 2.75) is 32.6 Å². The van der Waals surface area contributed by atoms with Crippen LogP contribution in [0.3, 0.4) is 0 Å². The normalized spacial score (nSPS) is 19.3. The molecule has 1 unspecified atom stereocenters. The van der Waals surface area contributed by atoms with Crippen LogP contribution in [0.15, 0.2) is 10.6 Å². The van der Waals surface area contributed by atoms with Crippen LogP contribution in [0.5, 0.6) is 0 Å². The summed E-state index contributed by atoms with van der Waals surface area (Å²) >= 11 is 0. The number of carbonyl (C=O) groups excluding carboxylic acids is 2. The summed E-state index contributed by atoms with van der Waals surface area (Å²) in [6, 6.07) is 1.67. The molecule has 122 valence electrons. The lowest BCUT2D eigenvalue weighted by Gasteiger charge is -2.30. The van der Waals surface area contributed by atoms with Gasteiger partial charge in [-0.15, -0.1) is 0 Å². The Kier molecular flexibility index (Phi) is 5.54. The van der Waals surface area contributed by atoms with Gasteiger partial charge >= 0.3 is 0 Å². The van der Waals surface area contributed by atoms with Crippen LogP contribution in [0.4, 0.5) is 0 Å². The number of piperidine rings is 1. The molecule has 0 aromatic carbocycles. The van der Waals surface area contributed by atoms with E-state index in [1.807, 2.05) is 13.8 Å². The Balaban J connectivity index is 1.75.